The van der Waals surface area contributed by atoms with Gasteiger partial charge < -0.3 is 5.73 Å². The van der Waals surface area contributed by atoms with Gasteiger partial charge in [-0.15, -0.1) is 0 Å². The van der Waals surface area contributed by atoms with Gasteiger partial charge in [0.2, 0.25) is 0 Å². The van der Waals surface area contributed by atoms with E-state index in [4.69, 9.17) is 5.73 Å². The summed E-state index contributed by atoms with van der Waals surface area (Å²) in [7, 11) is 0. The lowest BCUT2D eigenvalue weighted by Gasteiger charge is -2.35. The predicted octanol–water partition coefficient (Wildman–Crippen LogP) is 3.12. The molecule has 1 aromatic carbocycles. The topological polar surface area (TPSA) is 29.3 Å². The number of aryl methyl sites for hydroxylation is 1. The third kappa shape index (κ3) is 2.76. The maximum atomic E-state index is 6.04. The van der Waals surface area contributed by atoms with Gasteiger partial charge in [0.1, 0.15) is 0 Å². The number of hydrogen-bond donors (Lipinski definition) is 1. The van der Waals surface area contributed by atoms with E-state index in [1.54, 1.807) is 0 Å². The zero-order chi connectivity index (χ0) is 13.0. The normalized spacial score (nSPS) is 25.9. The first-order valence-corrected chi connectivity index (χ1v) is 7.27. The largest absolute Gasteiger partial charge is 0.330 e. The lowest BCUT2D eigenvalue weighted by Crippen LogP contribution is -2.36. The van der Waals surface area contributed by atoms with Crippen LogP contribution in [0.1, 0.15) is 43.4 Å². The van der Waals surface area contributed by atoms with Crippen LogP contribution in [-0.2, 0) is 0 Å². The van der Waals surface area contributed by atoms with E-state index in [1.807, 2.05) is 0 Å². The number of benzene rings is 1. The molecule has 2 rings (SSSR count). The molecule has 0 spiro atoms. The van der Waals surface area contributed by atoms with Gasteiger partial charge in [-0.2, -0.15) is 0 Å². The Labute approximate surface area is 111 Å². The molecule has 0 amide bonds. The molecule has 0 aromatic heterocycles. The van der Waals surface area contributed by atoms with Gasteiger partial charge in [0.25, 0.3) is 0 Å². The number of likely N-dealkylation sites (tertiary alicyclic amines) is 1. The lowest BCUT2D eigenvalue weighted by molar-refractivity contribution is 0.166. The SMILES string of the molecule is CCN1CCCCC(CN)C1c1ccccc1C. The molecule has 2 heteroatoms. The zero-order valence-corrected chi connectivity index (χ0v) is 11.7. The van der Waals surface area contributed by atoms with Crippen LogP contribution in [0.3, 0.4) is 0 Å². The Morgan fingerprint density at radius 3 is 2.72 bits per heavy atom. The van der Waals surface area contributed by atoms with Gasteiger partial charge in [0, 0.05) is 6.04 Å². The fourth-order valence-electron chi connectivity index (χ4n) is 3.29. The van der Waals surface area contributed by atoms with E-state index >= 15 is 0 Å². The van der Waals surface area contributed by atoms with Crippen LogP contribution in [0.15, 0.2) is 24.3 Å². The monoisotopic (exact) mass is 246 g/mol. The molecule has 18 heavy (non-hydrogen) atoms. The maximum Gasteiger partial charge on any atom is 0.0390 e. The van der Waals surface area contributed by atoms with Crippen molar-refractivity contribution in [2.75, 3.05) is 19.6 Å². The van der Waals surface area contributed by atoms with Crippen LogP contribution < -0.4 is 5.73 Å². The molecule has 0 aliphatic carbocycles. The van der Waals surface area contributed by atoms with Crippen molar-refractivity contribution in [2.24, 2.45) is 11.7 Å². The molecule has 1 aliphatic heterocycles. The quantitative estimate of drug-likeness (QED) is 0.888. The second-order valence-electron chi connectivity index (χ2n) is 5.42. The average molecular weight is 246 g/mol. The second kappa shape index (κ2) is 6.35. The minimum atomic E-state index is 0.517. The van der Waals surface area contributed by atoms with E-state index < -0.39 is 0 Å². The maximum absolute atomic E-state index is 6.04. The summed E-state index contributed by atoms with van der Waals surface area (Å²) in [6.07, 6.45) is 3.90. The molecule has 1 heterocycles. The Bertz CT molecular complexity index is 361. The predicted molar refractivity (Wildman–Crippen MR) is 77.6 cm³/mol. The Morgan fingerprint density at radius 2 is 2.06 bits per heavy atom. The minimum absolute atomic E-state index is 0.517. The fourth-order valence-corrected chi connectivity index (χ4v) is 3.29. The molecule has 100 valence electrons. The Hall–Kier alpha value is -0.860. The molecule has 2 unspecified atom stereocenters. The van der Waals surface area contributed by atoms with Gasteiger partial charge >= 0.3 is 0 Å². The Morgan fingerprint density at radius 1 is 1.28 bits per heavy atom. The molecular weight excluding hydrogens is 220 g/mol. The molecule has 2 nitrogen and oxygen atoms in total. The van der Waals surface area contributed by atoms with Crippen molar-refractivity contribution < 1.29 is 0 Å². The highest BCUT2D eigenvalue weighted by Gasteiger charge is 2.29. The van der Waals surface area contributed by atoms with Crippen LogP contribution in [-0.4, -0.2) is 24.5 Å². The van der Waals surface area contributed by atoms with Crippen LogP contribution in [0.4, 0.5) is 0 Å². The Kier molecular flexibility index (Phi) is 4.79. The van der Waals surface area contributed by atoms with Crippen molar-refractivity contribution >= 4 is 0 Å². The average Bonchev–Trinajstić information content (AvgIpc) is 2.60. The summed E-state index contributed by atoms with van der Waals surface area (Å²) in [4.78, 5) is 2.62. The lowest BCUT2D eigenvalue weighted by atomic mass is 9.87. The van der Waals surface area contributed by atoms with Crippen molar-refractivity contribution in [1.29, 1.82) is 0 Å². The third-order valence-corrected chi connectivity index (χ3v) is 4.33. The summed E-state index contributed by atoms with van der Waals surface area (Å²) in [6, 6.07) is 9.32. The molecule has 0 saturated carbocycles. The van der Waals surface area contributed by atoms with Crippen molar-refractivity contribution in [3.05, 3.63) is 35.4 Å². The number of rotatable bonds is 3. The van der Waals surface area contributed by atoms with Gasteiger partial charge in [-0.1, -0.05) is 37.6 Å². The van der Waals surface area contributed by atoms with Gasteiger partial charge in [-0.05, 0) is 56.4 Å². The zero-order valence-electron chi connectivity index (χ0n) is 11.7. The van der Waals surface area contributed by atoms with Gasteiger partial charge in [-0.25, -0.2) is 0 Å². The minimum Gasteiger partial charge on any atom is -0.330 e. The van der Waals surface area contributed by atoms with Crippen molar-refractivity contribution in [2.45, 2.75) is 39.2 Å². The highest BCUT2D eigenvalue weighted by molar-refractivity contribution is 5.29. The summed E-state index contributed by atoms with van der Waals surface area (Å²) in [5.74, 6) is 0.605. The first-order valence-electron chi connectivity index (χ1n) is 7.27. The number of nitrogens with two attached hydrogens (primary N) is 1. The van der Waals surface area contributed by atoms with Crippen LogP contribution in [0.2, 0.25) is 0 Å². The summed E-state index contributed by atoms with van der Waals surface area (Å²) in [6.45, 7) is 7.63. The van der Waals surface area contributed by atoms with E-state index in [9.17, 15) is 0 Å². The first-order chi connectivity index (χ1) is 8.77. The summed E-state index contributed by atoms with van der Waals surface area (Å²) >= 11 is 0. The summed E-state index contributed by atoms with van der Waals surface area (Å²) in [5.41, 5.74) is 8.93. The summed E-state index contributed by atoms with van der Waals surface area (Å²) < 4.78 is 0. The fraction of sp³-hybridized carbons (Fsp3) is 0.625. The number of nitrogens with zero attached hydrogens (tertiary/aromatic N) is 1. The van der Waals surface area contributed by atoms with E-state index in [2.05, 4.69) is 43.0 Å². The first kappa shape index (κ1) is 13.6. The highest BCUT2D eigenvalue weighted by atomic mass is 15.2. The Balaban J connectivity index is 2.36. The van der Waals surface area contributed by atoms with E-state index in [-0.39, 0.29) is 0 Å². The van der Waals surface area contributed by atoms with Crippen LogP contribution >= 0.6 is 0 Å². The second-order valence-corrected chi connectivity index (χ2v) is 5.42. The standard InChI is InChI=1S/C16H26N2/c1-3-18-11-7-6-9-14(12-17)16(18)15-10-5-4-8-13(15)2/h4-5,8,10,14,16H,3,6-7,9,11-12,17H2,1-2H3. The molecular formula is C16H26N2. The molecule has 0 bridgehead atoms. The van der Waals surface area contributed by atoms with E-state index in [0.717, 1.165) is 13.1 Å². The third-order valence-electron chi connectivity index (χ3n) is 4.33. The van der Waals surface area contributed by atoms with Gasteiger partial charge in [0.05, 0.1) is 0 Å². The van der Waals surface area contributed by atoms with E-state index in [0.29, 0.717) is 12.0 Å². The molecule has 1 aliphatic rings. The molecule has 1 aromatic rings. The van der Waals surface area contributed by atoms with E-state index in [1.165, 1.54) is 36.9 Å². The molecule has 1 saturated heterocycles. The molecule has 1 fully saturated rings. The van der Waals surface area contributed by atoms with Crippen LogP contribution in [0.5, 0.6) is 0 Å². The van der Waals surface area contributed by atoms with Gasteiger partial charge in [-0.3, -0.25) is 4.90 Å². The van der Waals surface area contributed by atoms with Crippen molar-refractivity contribution in [3.8, 4) is 0 Å². The smallest absolute Gasteiger partial charge is 0.0390 e. The molecule has 2 atom stereocenters. The van der Waals surface area contributed by atoms with Crippen molar-refractivity contribution in [3.63, 3.8) is 0 Å². The van der Waals surface area contributed by atoms with Crippen LogP contribution in [0.25, 0.3) is 0 Å². The summed E-state index contributed by atoms with van der Waals surface area (Å²) in [5, 5.41) is 0. The van der Waals surface area contributed by atoms with Gasteiger partial charge in [0.15, 0.2) is 0 Å². The van der Waals surface area contributed by atoms with Crippen molar-refractivity contribution in [1.82, 2.24) is 4.90 Å². The highest BCUT2D eigenvalue weighted by Crippen LogP contribution is 2.35. The van der Waals surface area contributed by atoms with Crippen LogP contribution in [0, 0.1) is 12.8 Å². The number of hydrogen-bond acceptors (Lipinski definition) is 2. The molecule has 2 N–H and O–H groups in total. The molecule has 0 radical (unpaired) electrons.